The average molecular weight is 280 g/mol. The van der Waals surface area contributed by atoms with E-state index >= 15 is 0 Å². The van der Waals surface area contributed by atoms with Crippen molar-refractivity contribution in [1.82, 2.24) is 0 Å². The van der Waals surface area contributed by atoms with Gasteiger partial charge in [0.25, 0.3) is 0 Å². The molecule has 1 unspecified atom stereocenters. The molecule has 16 heavy (non-hydrogen) atoms. The van der Waals surface area contributed by atoms with Gasteiger partial charge in [0.15, 0.2) is 4.67 Å². The lowest BCUT2D eigenvalue weighted by Crippen LogP contribution is -2.13. The standard InChI is InChI=1S/C13H14BrNO/c1-9-4-2-3-5-10(9)8-12(15)11-6-7-16-13(11)14/h2-7,12H,8,15H2,1H3. The number of nitrogens with two attached hydrogens (primary N) is 1. The van der Waals surface area contributed by atoms with Gasteiger partial charge in [-0.2, -0.15) is 0 Å². The van der Waals surface area contributed by atoms with E-state index in [2.05, 4.69) is 35.0 Å². The average Bonchev–Trinajstić information content (AvgIpc) is 2.68. The van der Waals surface area contributed by atoms with Gasteiger partial charge in [0.05, 0.1) is 6.26 Å². The maximum Gasteiger partial charge on any atom is 0.173 e. The summed E-state index contributed by atoms with van der Waals surface area (Å²) in [5, 5.41) is 0. The summed E-state index contributed by atoms with van der Waals surface area (Å²) in [6.45, 7) is 2.10. The molecule has 0 fully saturated rings. The summed E-state index contributed by atoms with van der Waals surface area (Å²) in [4.78, 5) is 0. The monoisotopic (exact) mass is 279 g/mol. The summed E-state index contributed by atoms with van der Waals surface area (Å²) >= 11 is 3.35. The molecule has 2 nitrogen and oxygen atoms in total. The zero-order valence-electron chi connectivity index (χ0n) is 9.11. The van der Waals surface area contributed by atoms with Crippen LogP contribution in [0.1, 0.15) is 22.7 Å². The Morgan fingerprint density at radius 1 is 1.31 bits per heavy atom. The van der Waals surface area contributed by atoms with Gasteiger partial charge < -0.3 is 10.2 Å². The predicted octanol–water partition coefficient (Wildman–Crippen LogP) is 3.59. The van der Waals surface area contributed by atoms with Gasteiger partial charge in [-0.25, -0.2) is 0 Å². The minimum absolute atomic E-state index is 0.0331. The molecule has 2 aromatic rings. The van der Waals surface area contributed by atoms with Crippen LogP contribution >= 0.6 is 15.9 Å². The maximum atomic E-state index is 6.15. The molecule has 0 aliphatic rings. The molecule has 84 valence electrons. The van der Waals surface area contributed by atoms with Crippen LogP contribution in [-0.4, -0.2) is 0 Å². The van der Waals surface area contributed by atoms with Crippen LogP contribution in [0.2, 0.25) is 0 Å². The van der Waals surface area contributed by atoms with Crippen LogP contribution in [0.3, 0.4) is 0 Å². The second-order valence-electron chi connectivity index (χ2n) is 3.89. The van der Waals surface area contributed by atoms with E-state index in [9.17, 15) is 0 Å². The molecule has 0 spiro atoms. The Kier molecular flexibility index (Phi) is 3.46. The second-order valence-corrected chi connectivity index (χ2v) is 4.61. The quantitative estimate of drug-likeness (QED) is 0.933. The van der Waals surface area contributed by atoms with Crippen LogP contribution in [0.25, 0.3) is 0 Å². The highest BCUT2D eigenvalue weighted by atomic mass is 79.9. The van der Waals surface area contributed by atoms with Crippen molar-refractivity contribution >= 4 is 15.9 Å². The first kappa shape index (κ1) is 11.4. The fourth-order valence-corrected chi connectivity index (χ4v) is 2.29. The Balaban J connectivity index is 2.17. The van der Waals surface area contributed by atoms with Gasteiger partial charge in [0, 0.05) is 11.6 Å². The first-order valence-corrected chi connectivity index (χ1v) is 6.00. The summed E-state index contributed by atoms with van der Waals surface area (Å²) in [6.07, 6.45) is 2.47. The minimum atomic E-state index is -0.0331. The van der Waals surface area contributed by atoms with E-state index in [4.69, 9.17) is 10.2 Å². The number of benzene rings is 1. The van der Waals surface area contributed by atoms with Crippen LogP contribution in [0.5, 0.6) is 0 Å². The van der Waals surface area contributed by atoms with E-state index in [-0.39, 0.29) is 6.04 Å². The van der Waals surface area contributed by atoms with Gasteiger partial charge in [-0.05, 0) is 46.5 Å². The van der Waals surface area contributed by atoms with E-state index in [1.807, 2.05) is 18.2 Å². The lowest BCUT2D eigenvalue weighted by Gasteiger charge is -2.12. The Hall–Kier alpha value is -1.06. The third-order valence-corrected chi connectivity index (χ3v) is 3.39. The number of halogens is 1. The number of rotatable bonds is 3. The smallest absolute Gasteiger partial charge is 0.173 e. The molecule has 0 aliphatic heterocycles. The molecule has 0 bridgehead atoms. The topological polar surface area (TPSA) is 39.2 Å². The van der Waals surface area contributed by atoms with Crippen molar-refractivity contribution < 1.29 is 4.42 Å². The molecule has 0 aliphatic carbocycles. The van der Waals surface area contributed by atoms with Crippen molar-refractivity contribution in [3.05, 3.63) is 58.0 Å². The fourth-order valence-electron chi connectivity index (χ4n) is 1.76. The minimum Gasteiger partial charge on any atom is -0.457 e. The van der Waals surface area contributed by atoms with Crippen LogP contribution in [0.15, 0.2) is 45.7 Å². The molecule has 1 atom stereocenters. The molecule has 1 heterocycles. The third-order valence-electron chi connectivity index (χ3n) is 2.75. The van der Waals surface area contributed by atoms with Crippen molar-refractivity contribution in [2.45, 2.75) is 19.4 Å². The number of hydrogen-bond acceptors (Lipinski definition) is 2. The molecule has 2 rings (SSSR count). The summed E-state index contributed by atoms with van der Waals surface area (Å²) in [5.74, 6) is 0. The van der Waals surface area contributed by atoms with Crippen molar-refractivity contribution in [2.75, 3.05) is 0 Å². The highest BCUT2D eigenvalue weighted by molar-refractivity contribution is 9.10. The van der Waals surface area contributed by atoms with Crippen LogP contribution in [0.4, 0.5) is 0 Å². The molecule has 2 N–H and O–H groups in total. The van der Waals surface area contributed by atoms with Crippen molar-refractivity contribution in [2.24, 2.45) is 5.73 Å². The molecule has 1 aromatic heterocycles. The largest absolute Gasteiger partial charge is 0.457 e. The lowest BCUT2D eigenvalue weighted by molar-refractivity contribution is 0.531. The number of aryl methyl sites for hydroxylation is 1. The summed E-state index contributed by atoms with van der Waals surface area (Å²) in [7, 11) is 0. The molecule has 0 radical (unpaired) electrons. The van der Waals surface area contributed by atoms with Gasteiger partial charge in [0.1, 0.15) is 0 Å². The Morgan fingerprint density at radius 2 is 2.06 bits per heavy atom. The second kappa shape index (κ2) is 4.85. The molecular formula is C13H14BrNO. The zero-order chi connectivity index (χ0) is 11.5. The van der Waals surface area contributed by atoms with Crippen molar-refractivity contribution in [1.29, 1.82) is 0 Å². The highest BCUT2D eigenvalue weighted by Crippen LogP contribution is 2.26. The first-order valence-electron chi connectivity index (χ1n) is 5.21. The molecule has 1 aromatic carbocycles. The molecular weight excluding hydrogens is 266 g/mol. The van der Waals surface area contributed by atoms with E-state index < -0.39 is 0 Å². The predicted molar refractivity (Wildman–Crippen MR) is 68.2 cm³/mol. The van der Waals surface area contributed by atoms with Gasteiger partial charge in [-0.15, -0.1) is 0 Å². The Morgan fingerprint density at radius 3 is 2.69 bits per heavy atom. The normalized spacial score (nSPS) is 12.7. The van der Waals surface area contributed by atoms with E-state index in [1.165, 1.54) is 11.1 Å². The van der Waals surface area contributed by atoms with Crippen LogP contribution in [-0.2, 0) is 6.42 Å². The van der Waals surface area contributed by atoms with E-state index in [1.54, 1.807) is 6.26 Å². The SMILES string of the molecule is Cc1ccccc1CC(N)c1ccoc1Br. The van der Waals surface area contributed by atoms with Gasteiger partial charge in [0.2, 0.25) is 0 Å². The van der Waals surface area contributed by atoms with Gasteiger partial charge in [-0.3, -0.25) is 0 Å². The molecule has 0 saturated heterocycles. The van der Waals surface area contributed by atoms with Gasteiger partial charge in [-0.1, -0.05) is 24.3 Å². The Labute approximate surface area is 104 Å². The maximum absolute atomic E-state index is 6.15. The van der Waals surface area contributed by atoms with Crippen LogP contribution < -0.4 is 5.73 Å². The van der Waals surface area contributed by atoms with E-state index in [0.29, 0.717) is 0 Å². The van der Waals surface area contributed by atoms with E-state index in [0.717, 1.165) is 16.7 Å². The zero-order valence-corrected chi connectivity index (χ0v) is 10.7. The molecule has 3 heteroatoms. The first-order chi connectivity index (χ1) is 7.68. The van der Waals surface area contributed by atoms with Crippen LogP contribution in [0, 0.1) is 6.92 Å². The highest BCUT2D eigenvalue weighted by Gasteiger charge is 2.13. The van der Waals surface area contributed by atoms with Crippen molar-refractivity contribution in [3.63, 3.8) is 0 Å². The summed E-state index contributed by atoms with van der Waals surface area (Å²) in [6, 6.07) is 10.2. The molecule has 0 saturated carbocycles. The molecule has 0 amide bonds. The van der Waals surface area contributed by atoms with Gasteiger partial charge >= 0.3 is 0 Å². The number of furan rings is 1. The van der Waals surface area contributed by atoms with Crippen molar-refractivity contribution in [3.8, 4) is 0 Å². The fraction of sp³-hybridized carbons (Fsp3) is 0.231. The lowest BCUT2D eigenvalue weighted by atomic mass is 9.98. The Bertz CT molecular complexity index is 478. The summed E-state index contributed by atoms with van der Waals surface area (Å²) < 4.78 is 5.92. The number of hydrogen-bond donors (Lipinski definition) is 1. The summed E-state index contributed by atoms with van der Waals surface area (Å²) in [5.41, 5.74) is 9.72. The third kappa shape index (κ3) is 2.36.